The van der Waals surface area contributed by atoms with Gasteiger partial charge in [0.05, 0.1) is 19.6 Å². The molecule has 6 nitrogen and oxygen atoms in total. The van der Waals surface area contributed by atoms with Crippen molar-refractivity contribution in [2.24, 2.45) is 10.9 Å². The first-order valence-corrected chi connectivity index (χ1v) is 15.0. The molecule has 3 aromatic rings. The van der Waals surface area contributed by atoms with E-state index in [2.05, 4.69) is 100 Å². The molecule has 216 valence electrons. The molecule has 0 unspecified atom stereocenters. The second kappa shape index (κ2) is 15.2. The van der Waals surface area contributed by atoms with Gasteiger partial charge >= 0.3 is 0 Å². The first kappa shape index (κ1) is 31.7. The van der Waals surface area contributed by atoms with Crippen molar-refractivity contribution in [1.29, 1.82) is 0 Å². The van der Waals surface area contributed by atoms with Crippen molar-refractivity contribution < 1.29 is 9.53 Å². The molecule has 4 rings (SSSR count). The van der Waals surface area contributed by atoms with E-state index in [4.69, 9.17) is 15.6 Å². The van der Waals surface area contributed by atoms with Gasteiger partial charge in [0.1, 0.15) is 0 Å². The Hall–Kier alpha value is -2.84. The highest BCUT2D eigenvalue weighted by Gasteiger charge is 2.18. The van der Waals surface area contributed by atoms with Gasteiger partial charge in [-0.1, -0.05) is 64.1 Å². The van der Waals surface area contributed by atoms with E-state index in [-0.39, 0.29) is 5.91 Å². The van der Waals surface area contributed by atoms with Crippen LogP contribution in [0.15, 0.2) is 65.6 Å². The molecule has 1 aliphatic rings. The van der Waals surface area contributed by atoms with E-state index in [0.29, 0.717) is 18.3 Å². The monoisotopic (exact) mass is 562 g/mol. The zero-order chi connectivity index (χ0) is 29.2. The fourth-order valence-electron chi connectivity index (χ4n) is 5.02. The molecule has 1 amide bonds. The summed E-state index contributed by atoms with van der Waals surface area (Å²) in [5.74, 6) is 0.394. The first-order chi connectivity index (χ1) is 19.1. The second-order valence-electron chi connectivity index (χ2n) is 11.2. The van der Waals surface area contributed by atoms with E-state index in [1.54, 1.807) is 0 Å². The zero-order valence-electron chi connectivity index (χ0n) is 24.9. The number of hydrogen-bond acceptors (Lipinski definition) is 6. The Kier molecular flexibility index (Phi) is 12.1. The summed E-state index contributed by atoms with van der Waals surface area (Å²) in [6.07, 6.45) is 0.303. The van der Waals surface area contributed by atoms with Gasteiger partial charge in [0, 0.05) is 30.2 Å². The van der Waals surface area contributed by atoms with Crippen molar-refractivity contribution in [3.63, 3.8) is 0 Å². The highest BCUT2D eigenvalue weighted by atomic mass is 32.2. The van der Waals surface area contributed by atoms with Gasteiger partial charge in [-0.2, -0.15) is 0 Å². The van der Waals surface area contributed by atoms with Gasteiger partial charge in [-0.05, 0) is 95.5 Å². The minimum absolute atomic E-state index is 0.272. The lowest BCUT2D eigenvalue weighted by atomic mass is 9.84. The SMILES string of the molecule is CC(C)c1cc(-c2ccc(N3CCOCC3)cc2)cc(C(C)C)c1CC(N)=O.CN(C)Cc1ccc(SN)cc1. The van der Waals surface area contributed by atoms with Crippen LogP contribution in [0.1, 0.15) is 61.8 Å². The predicted molar refractivity (Wildman–Crippen MR) is 170 cm³/mol. The third-order valence-corrected chi connectivity index (χ3v) is 7.59. The van der Waals surface area contributed by atoms with Crippen LogP contribution in [0.2, 0.25) is 0 Å². The Morgan fingerprint density at radius 2 is 1.45 bits per heavy atom. The Morgan fingerprint density at radius 3 is 1.90 bits per heavy atom. The first-order valence-electron chi connectivity index (χ1n) is 14.1. The van der Waals surface area contributed by atoms with Crippen molar-refractivity contribution in [3.8, 4) is 11.1 Å². The normalized spacial score (nSPS) is 13.5. The van der Waals surface area contributed by atoms with Crippen molar-refractivity contribution in [2.45, 2.75) is 57.4 Å². The topological polar surface area (TPSA) is 84.8 Å². The van der Waals surface area contributed by atoms with Gasteiger partial charge in [-0.25, -0.2) is 0 Å². The van der Waals surface area contributed by atoms with Crippen molar-refractivity contribution >= 4 is 23.5 Å². The molecule has 40 heavy (non-hydrogen) atoms. The summed E-state index contributed by atoms with van der Waals surface area (Å²) in [4.78, 5) is 17.3. The van der Waals surface area contributed by atoms with Gasteiger partial charge in [-0.15, -0.1) is 0 Å². The van der Waals surface area contributed by atoms with E-state index >= 15 is 0 Å². The second-order valence-corrected chi connectivity index (χ2v) is 11.9. The fraction of sp³-hybridized carbons (Fsp3) is 0.424. The Morgan fingerprint density at radius 1 is 0.900 bits per heavy atom. The number of hydrogen-bond donors (Lipinski definition) is 2. The molecule has 3 aromatic carbocycles. The van der Waals surface area contributed by atoms with Crippen LogP contribution in [-0.4, -0.2) is 51.2 Å². The van der Waals surface area contributed by atoms with Gasteiger partial charge in [-0.3, -0.25) is 9.93 Å². The van der Waals surface area contributed by atoms with Crippen LogP contribution in [0.5, 0.6) is 0 Å². The number of nitrogens with two attached hydrogens (primary N) is 2. The molecule has 0 atom stereocenters. The van der Waals surface area contributed by atoms with Crippen molar-refractivity contribution in [2.75, 3.05) is 45.3 Å². The number of anilines is 1. The van der Waals surface area contributed by atoms with E-state index in [9.17, 15) is 4.79 Å². The number of rotatable bonds is 9. The van der Waals surface area contributed by atoms with Gasteiger partial charge in [0.2, 0.25) is 5.91 Å². The Labute approximate surface area is 245 Å². The maximum Gasteiger partial charge on any atom is 0.221 e. The highest BCUT2D eigenvalue weighted by Crippen LogP contribution is 2.34. The molecule has 1 fully saturated rings. The van der Waals surface area contributed by atoms with E-state index < -0.39 is 0 Å². The number of nitrogens with zero attached hydrogens (tertiary/aromatic N) is 2. The summed E-state index contributed by atoms with van der Waals surface area (Å²) >= 11 is 1.28. The number of carbonyl (C=O) groups excluding carboxylic acids is 1. The molecule has 0 aliphatic carbocycles. The van der Waals surface area contributed by atoms with Crippen LogP contribution in [0.4, 0.5) is 5.69 Å². The van der Waals surface area contributed by atoms with Crippen LogP contribution in [0.3, 0.4) is 0 Å². The van der Waals surface area contributed by atoms with Crippen LogP contribution in [0, 0.1) is 0 Å². The minimum Gasteiger partial charge on any atom is -0.378 e. The molecule has 1 heterocycles. The number of primary amides is 1. The lowest BCUT2D eigenvalue weighted by molar-refractivity contribution is -0.117. The standard InChI is InChI=1S/C24H32N2O2.C9H14N2S/c1-16(2)21-13-19(14-22(17(3)4)23(21)15-24(25)27)18-5-7-20(8-6-18)26-9-11-28-12-10-26;1-11(2)7-8-3-5-9(12-10)6-4-8/h5-8,13-14,16-17H,9-12,15H2,1-4H3,(H2,25,27);3-6H,7,10H2,1-2H3. The van der Waals surface area contributed by atoms with Crippen molar-refractivity contribution in [1.82, 2.24) is 4.90 Å². The molecule has 0 spiro atoms. The van der Waals surface area contributed by atoms with Gasteiger partial charge in [0.25, 0.3) is 0 Å². The van der Waals surface area contributed by atoms with Crippen molar-refractivity contribution in [3.05, 3.63) is 82.9 Å². The molecule has 4 N–H and O–H groups in total. The summed E-state index contributed by atoms with van der Waals surface area (Å²) in [5.41, 5.74) is 14.1. The number of benzene rings is 3. The molecule has 1 aliphatic heterocycles. The number of carbonyl (C=O) groups is 1. The minimum atomic E-state index is -0.272. The average Bonchev–Trinajstić information content (AvgIpc) is 2.93. The third kappa shape index (κ3) is 9.10. The number of ether oxygens (including phenoxy) is 1. The molecule has 0 bridgehead atoms. The Balaban J connectivity index is 0.000000307. The van der Waals surface area contributed by atoms with Crippen LogP contribution in [-0.2, 0) is 22.5 Å². The van der Waals surface area contributed by atoms with E-state index in [0.717, 1.165) is 43.3 Å². The lowest BCUT2D eigenvalue weighted by Gasteiger charge is -2.29. The maximum atomic E-state index is 11.7. The summed E-state index contributed by atoms with van der Waals surface area (Å²) in [6, 6.07) is 21.6. The van der Waals surface area contributed by atoms with E-state index in [1.165, 1.54) is 45.5 Å². The fourth-order valence-corrected chi connectivity index (χ4v) is 5.31. The Bertz CT molecular complexity index is 1190. The molecular weight excluding hydrogens is 516 g/mol. The van der Waals surface area contributed by atoms with Crippen LogP contribution in [0.25, 0.3) is 11.1 Å². The average molecular weight is 563 g/mol. The maximum absolute atomic E-state index is 11.7. The van der Waals surface area contributed by atoms with Crippen LogP contribution < -0.4 is 15.8 Å². The predicted octanol–water partition coefficient (Wildman–Crippen LogP) is 6.18. The van der Waals surface area contributed by atoms with Crippen LogP contribution >= 0.6 is 11.9 Å². The summed E-state index contributed by atoms with van der Waals surface area (Å²) < 4.78 is 5.45. The summed E-state index contributed by atoms with van der Waals surface area (Å²) in [7, 11) is 4.12. The highest BCUT2D eigenvalue weighted by molar-refractivity contribution is 7.97. The third-order valence-electron chi connectivity index (χ3n) is 7.05. The molecular formula is C33H46N4O2S. The molecule has 1 saturated heterocycles. The molecule has 7 heteroatoms. The largest absolute Gasteiger partial charge is 0.378 e. The lowest BCUT2D eigenvalue weighted by Crippen LogP contribution is -2.36. The molecule has 0 radical (unpaired) electrons. The number of morpholine rings is 1. The molecule has 0 aromatic heterocycles. The van der Waals surface area contributed by atoms with E-state index in [1.807, 2.05) is 12.1 Å². The van der Waals surface area contributed by atoms with Gasteiger partial charge < -0.3 is 20.3 Å². The molecule has 0 saturated carbocycles. The quantitative estimate of drug-likeness (QED) is 0.303. The summed E-state index contributed by atoms with van der Waals surface area (Å²) in [6.45, 7) is 13.1. The van der Waals surface area contributed by atoms with Gasteiger partial charge in [0.15, 0.2) is 0 Å². The summed E-state index contributed by atoms with van der Waals surface area (Å²) in [5, 5.41) is 5.41. The smallest absolute Gasteiger partial charge is 0.221 e. The zero-order valence-corrected chi connectivity index (χ0v) is 25.8. The number of amides is 1.